The van der Waals surface area contributed by atoms with E-state index in [1.165, 1.54) is 10.7 Å². The first kappa shape index (κ1) is 12.2. The molecule has 2 amide bonds. The molecule has 0 fully saturated rings. The van der Waals surface area contributed by atoms with Crippen LogP contribution in [0.3, 0.4) is 0 Å². The number of hydrogen-bond acceptors (Lipinski definition) is 2. The van der Waals surface area contributed by atoms with Crippen molar-refractivity contribution in [2.75, 3.05) is 5.32 Å². The monoisotopic (exact) mass is 241 g/mol. The van der Waals surface area contributed by atoms with Crippen LogP contribution < -0.4 is 16.6 Å². The molecule has 4 nitrogen and oxygen atoms in total. The lowest BCUT2D eigenvalue weighted by Crippen LogP contribution is -2.35. The number of carbonyl (C=O) groups excluding carboxylic acids is 1. The first-order chi connectivity index (χ1) is 7.40. The summed E-state index contributed by atoms with van der Waals surface area (Å²) < 4.78 is 63.5. The van der Waals surface area contributed by atoms with Crippen molar-refractivity contribution in [1.29, 1.82) is 0 Å². The lowest BCUT2D eigenvalue weighted by atomic mass is 10.2. The Kier molecular flexibility index (Phi) is 3.28. The van der Waals surface area contributed by atoms with Crippen molar-refractivity contribution < 1.29 is 26.7 Å². The van der Waals surface area contributed by atoms with Crippen molar-refractivity contribution in [1.82, 2.24) is 5.43 Å². The fourth-order valence-electron chi connectivity index (χ4n) is 0.864. The third-order valence-corrected chi connectivity index (χ3v) is 1.58. The molecule has 16 heavy (non-hydrogen) atoms. The topological polar surface area (TPSA) is 67.1 Å². The van der Waals surface area contributed by atoms with Gasteiger partial charge in [-0.05, 0) is 0 Å². The molecule has 0 spiro atoms. The van der Waals surface area contributed by atoms with Gasteiger partial charge in [-0.15, -0.1) is 0 Å². The number of carbonyl (C=O) groups is 1. The highest BCUT2D eigenvalue weighted by Crippen LogP contribution is 2.26. The maximum Gasteiger partial charge on any atom is 0.333 e. The Bertz CT molecular complexity index is 421. The van der Waals surface area contributed by atoms with Crippen molar-refractivity contribution in [3.8, 4) is 0 Å². The molecule has 0 saturated carbocycles. The third kappa shape index (κ3) is 1.89. The van der Waals surface area contributed by atoms with Gasteiger partial charge < -0.3 is 5.32 Å². The summed E-state index contributed by atoms with van der Waals surface area (Å²) in [6, 6.07) is -1.33. The maximum absolute atomic E-state index is 12.9. The summed E-state index contributed by atoms with van der Waals surface area (Å²) in [5, 5.41) is 1.37. The second-order valence-electron chi connectivity index (χ2n) is 2.54. The zero-order chi connectivity index (χ0) is 12.5. The van der Waals surface area contributed by atoms with E-state index < -0.39 is 40.8 Å². The molecule has 1 rings (SSSR count). The molecule has 1 aromatic rings. The van der Waals surface area contributed by atoms with Crippen LogP contribution in [0.25, 0.3) is 0 Å². The van der Waals surface area contributed by atoms with Crippen molar-refractivity contribution >= 4 is 11.7 Å². The minimum absolute atomic E-state index is 1.33. The number of amides is 2. The number of halogens is 5. The molecule has 0 atom stereocenters. The van der Waals surface area contributed by atoms with Gasteiger partial charge in [0.15, 0.2) is 23.3 Å². The average molecular weight is 241 g/mol. The van der Waals surface area contributed by atoms with Gasteiger partial charge in [-0.2, -0.15) is 0 Å². The molecular formula is C7H4F5N3O. The first-order valence-electron chi connectivity index (χ1n) is 3.69. The summed E-state index contributed by atoms with van der Waals surface area (Å²) in [6.07, 6.45) is 0. The average Bonchev–Trinajstić information content (AvgIpc) is 2.29. The van der Waals surface area contributed by atoms with Gasteiger partial charge in [0, 0.05) is 0 Å². The van der Waals surface area contributed by atoms with Gasteiger partial charge >= 0.3 is 6.03 Å². The van der Waals surface area contributed by atoms with E-state index in [0.29, 0.717) is 0 Å². The van der Waals surface area contributed by atoms with E-state index in [4.69, 9.17) is 0 Å². The van der Waals surface area contributed by atoms with E-state index in [-0.39, 0.29) is 0 Å². The Hall–Kier alpha value is -1.90. The molecule has 0 aliphatic heterocycles. The van der Waals surface area contributed by atoms with E-state index in [0.717, 1.165) is 0 Å². The Morgan fingerprint density at radius 2 is 1.25 bits per heavy atom. The number of benzene rings is 1. The van der Waals surface area contributed by atoms with Crippen LogP contribution in [0.2, 0.25) is 0 Å². The van der Waals surface area contributed by atoms with Crippen LogP contribution in [-0.2, 0) is 0 Å². The minimum atomic E-state index is -2.31. The molecular weight excluding hydrogens is 237 g/mol. The molecule has 9 heteroatoms. The standard InChI is InChI=1S/C7H4F5N3O/c8-1-2(9)4(11)6(5(12)3(1)10)14-7(16)15-13/h13H2,(H2,14,15,16). The van der Waals surface area contributed by atoms with Crippen molar-refractivity contribution in [3.05, 3.63) is 29.1 Å². The van der Waals surface area contributed by atoms with Gasteiger partial charge in [-0.1, -0.05) is 0 Å². The van der Waals surface area contributed by atoms with Crippen LogP contribution in [0.5, 0.6) is 0 Å². The highest BCUT2D eigenvalue weighted by Gasteiger charge is 2.26. The number of nitrogens with one attached hydrogen (secondary N) is 2. The van der Waals surface area contributed by atoms with Crippen molar-refractivity contribution in [2.45, 2.75) is 0 Å². The molecule has 0 saturated heterocycles. The number of hydrazine groups is 1. The second-order valence-corrected chi connectivity index (χ2v) is 2.54. The largest absolute Gasteiger partial charge is 0.333 e. The fourth-order valence-corrected chi connectivity index (χ4v) is 0.864. The molecule has 4 N–H and O–H groups in total. The normalized spacial score (nSPS) is 10.1. The van der Waals surface area contributed by atoms with E-state index in [2.05, 4.69) is 5.84 Å². The summed E-state index contributed by atoms with van der Waals surface area (Å²) in [7, 11) is 0. The van der Waals surface area contributed by atoms with Crippen LogP contribution in [0.1, 0.15) is 0 Å². The molecule has 0 bridgehead atoms. The van der Waals surface area contributed by atoms with Crippen LogP contribution >= 0.6 is 0 Å². The lowest BCUT2D eigenvalue weighted by molar-refractivity contribution is 0.252. The number of rotatable bonds is 1. The van der Waals surface area contributed by atoms with E-state index >= 15 is 0 Å². The summed E-state index contributed by atoms with van der Waals surface area (Å²) >= 11 is 0. The molecule has 0 aliphatic carbocycles. The van der Waals surface area contributed by atoms with Gasteiger partial charge in [0.25, 0.3) is 0 Å². The van der Waals surface area contributed by atoms with Crippen LogP contribution in [0.15, 0.2) is 0 Å². The van der Waals surface area contributed by atoms with Crippen LogP contribution in [0.4, 0.5) is 32.4 Å². The minimum Gasteiger partial charge on any atom is -0.302 e. The number of hydrogen-bond donors (Lipinski definition) is 3. The molecule has 0 heterocycles. The van der Waals surface area contributed by atoms with Gasteiger partial charge in [0.2, 0.25) is 5.82 Å². The third-order valence-electron chi connectivity index (χ3n) is 1.58. The summed E-state index contributed by atoms with van der Waals surface area (Å²) in [4.78, 5) is 10.6. The molecule has 0 radical (unpaired) electrons. The van der Waals surface area contributed by atoms with Gasteiger partial charge in [0.05, 0.1) is 0 Å². The Balaban J connectivity index is 3.34. The van der Waals surface area contributed by atoms with Crippen molar-refractivity contribution in [3.63, 3.8) is 0 Å². The van der Waals surface area contributed by atoms with Crippen molar-refractivity contribution in [2.24, 2.45) is 5.84 Å². The smallest absolute Gasteiger partial charge is 0.302 e. The van der Waals surface area contributed by atoms with Crippen LogP contribution in [0, 0.1) is 29.1 Å². The number of urea groups is 1. The highest BCUT2D eigenvalue weighted by molar-refractivity contribution is 5.89. The van der Waals surface area contributed by atoms with E-state index in [1.54, 1.807) is 0 Å². The Labute approximate surface area is 85.2 Å². The van der Waals surface area contributed by atoms with Gasteiger partial charge in [0.1, 0.15) is 5.69 Å². The summed E-state index contributed by atoms with van der Waals surface area (Å²) in [5.74, 6) is -6.38. The van der Waals surface area contributed by atoms with E-state index in [1.807, 2.05) is 0 Å². The van der Waals surface area contributed by atoms with Crippen LogP contribution in [-0.4, -0.2) is 6.03 Å². The predicted molar refractivity (Wildman–Crippen MR) is 42.6 cm³/mol. The zero-order valence-corrected chi connectivity index (χ0v) is 7.38. The van der Waals surface area contributed by atoms with Gasteiger partial charge in [-0.3, -0.25) is 5.43 Å². The number of nitrogens with two attached hydrogens (primary N) is 1. The number of anilines is 1. The maximum atomic E-state index is 12.9. The quantitative estimate of drug-likeness (QED) is 0.174. The SMILES string of the molecule is NNC(=O)Nc1c(F)c(F)c(F)c(F)c1F. The summed E-state index contributed by atoms with van der Waals surface area (Å²) in [6.45, 7) is 0. The summed E-state index contributed by atoms with van der Waals surface area (Å²) in [5.41, 5.74) is -0.0734. The zero-order valence-electron chi connectivity index (χ0n) is 7.38. The molecule has 0 unspecified atom stereocenters. The Morgan fingerprint density at radius 1 is 0.875 bits per heavy atom. The highest BCUT2D eigenvalue weighted by atomic mass is 19.2. The molecule has 0 aromatic heterocycles. The second kappa shape index (κ2) is 4.31. The molecule has 1 aromatic carbocycles. The molecule has 88 valence electrons. The fraction of sp³-hybridized carbons (Fsp3) is 0. The Morgan fingerprint density at radius 3 is 1.62 bits per heavy atom. The molecule has 0 aliphatic rings. The lowest BCUT2D eigenvalue weighted by Gasteiger charge is -2.08. The first-order valence-corrected chi connectivity index (χ1v) is 3.69. The van der Waals surface area contributed by atoms with E-state index in [9.17, 15) is 26.7 Å². The predicted octanol–water partition coefficient (Wildman–Crippen LogP) is 1.38. The van der Waals surface area contributed by atoms with Gasteiger partial charge in [-0.25, -0.2) is 32.6 Å².